The minimum absolute atomic E-state index is 0.250. The van der Waals surface area contributed by atoms with Gasteiger partial charge in [-0.05, 0) is 36.9 Å². The summed E-state index contributed by atoms with van der Waals surface area (Å²) < 4.78 is 31.0. The lowest BCUT2D eigenvalue weighted by atomic mass is 10.1. The Bertz CT molecular complexity index is 1140. The second kappa shape index (κ2) is 5.77. The van der Waals surface area contributed by atoms with Gasteiger partial charge in [-0.25, -0.2) is 18.7 Å². The molecule has 0 bridgehead atoms. The number of fused-ring (bicyclic) bond motifs is 2. The van der Waals surface area contributed by atoms with Gasteiger partial charge in [-0.3, -0.25) is 0 Å². The third-order valence-electron chi connectivity index (χ3n) is 3.99. The van der Waals surface area contributed by atoms with Crippen molar-refractivity contribution in [3.05, 3.63) is 64.2 Å². The number of aryl methyl sites for hydroxylation is 2. The summed E-state index contributed by atoms with van der Waals surface area (Å²) in [5.74, 6) is -0.526. The molecule has 1 aromatic carbocycles. The summed E-state index contributed by atoms with van der Waals surface area (Å²) in [7, 11) is 0. The molecule has 0 aliphatic carbocycles. The molecule has 4 aromatic rings. The Labute approximate surface area is 150 Å². The molecule has 0 saturated carbocycles. The van der Waals surface area contributed by atoms with E-state index in [4.69, 9.17) is 0 Å². The zero-order valence-corrected chi connectivity index (χ0v) is 15.0. The average Bonchev–Trinajstić information content (AvgIpc) is 2.91. The molecule has 0 aliphatic heterocycles. The molecule has 0 spiro atoms. The van der Waals surface area contributed by atoms with Gasteiger partial charge in [-0.2, -0.15) is 0 Å². The number of rotatable bonds is 2. The first-order chi connectivity index (χ1) is 11.9. The van der Waals surface area contributed by atoms with Gasteiger partial charge < -0.3 is 9.72 Å². The second-order valence-corrected chi connectivity index (χ2v) is 6.83. The molecule has 0 amide bonds. The number of pyridine rings is 2. The highest BCUT2D eigenvalue weighted by Gasteiger charge is 2.13. The number of halogens is 3. The van der Waals surface area contributed by atoms with Crippen LogP contribution in [-0.4, -0.2) is 14.4 Å². The molecule has 0 unspecified atom stereocenters. The van der Waals surface area contributed by atoms with E-state index in [1.807, 2.05) is 13.0 Å². The number of hydrogen-bond acceptors (Lipinski definition) is 3. The minimum Gasteiger partial charge on any atom is -0.338 e. The van der Waals surface area contributed by atoms with Crippen LogP contribution in [0.15, 0.2) is 41.3 Å². The van der Waals surface area contributed by atoms with Gasteiger partial charge in [0.25, 0.3) is 0 Å². The summed E-state index contributed by atoms with van der Waals surface area (Å²) in [4.78, 5) is 8.42. The zero-order valence-electron chi connectivity index (χ0n) is 13.4. The van der Waals surface area contributed by atoms with Crippen LogP contribution in [0.25, 0.3) is 16.4 Å². The van der Waals surface area contributed by atoms with Gasteiger partial charge in [0, 0.05) is 29.1 Å². The van der Waals surface area contributed by atoms with Crippen LogP contribution in [0.1, 0.15) is 11.3 Å². The molecular weight excluding hydrogens is 390 g/mol. The van der Waals surface area contributed by atoms with Gasteiger partial charge in [-0.15, -0.1) is 0 Å². The van der Waals surface area contributed by atoms with Crippen LogP contribution in [0.3, 0.4) is 0 Å². The highest BCUT2D eigenvalue weighted by molar-refractivity contribution is 9.10. The Morgan fingerprint density at radius 2 is 1.88 bits per heavy atom. The first-order valence-corrected chi connectivity index (χ1v) is 8.38. The van der Waals surface area contributed by atoms with Crippen molar-refractivity contribution in [2.75, 3.05) is 5.32 Å². The molecule has 0 atom stereocenters. The predicted molar refractivity (Wildman–Crippen MR) is 97.3 cm³/mol. The standard InChI is InChI=1S/C18H13BrF2N4/c1-9-6-22-17(16-13(9)3-11(19)4-14(16)20)24-12-5-15(21)18-23-10(2)7-25(18)8-12/h3-8H,1-2H3,(H,22,24). The third-order valence-corrected chi connectivity index (χ3v) is 4.45. The van der Waals surface area contributed by atoms with Gasteiger partial charge >= 0.3 is 0 Å². The Morgan fingerprint density at radius 1 is 1.08 bits per heavy atom. The Kier molecular flexibility index (Phi) is 3.68. The Morgan fingerprint density at radius 3 is 2.68 bits per heavy atom. The molecule has 7 heteroatoms. The van der Waals surface area contributed by atoms with Crippen LogP contribution in [-0.2, 0) is 0 Å². The van der Waals surface area contributed by atoms with Crippen LogP contribution in [0.5, 0.6) is 0 Å². The number of hydrogen-bond donors (Lipinski definition) is 1. The van der Waals surface area contributed by atoms with E-state index in [9.17, 15) is 8.78 Å². The van der Waals surface area contributed by atoms with Crippen molar-refractivity contribution >= 4 is 43.9 Å². The van der Waals surface area contributed by atoms with Crippen molar-refractivity contribution < 1.29 is 8.78 Å². The van der Waals surface area contributed by atoms with Crippen molar-refractivity contribution in [2.45, 2.75) is 13.8 Å². The maximum absolute atomic E-state index is 14.5. The fraction of sp³-hybridized carbons (Fsp3) is 0.111. The van der Waals surface area contributed by atoms with E-state index < -0.39 is 11.6 Å². The van der Waals surface area contributed by atoms with E-state index in [2.05, 4.69) is 31.2 Å². The third kappa shape index (κ3) is 2.74. The molecule has 3 aromatic heterocycles. The monoisotopic (exact) mass is 402 g/mol. The van der Waals surface area contributed by atoms with E-state index >= 15 is 0 Å². The molecule has 4 nitrogen and oxygen atoms in total. The number of aromatic nitrogens is 3. The SMILES string of the molecule is Cc1cn2cc(Nc3ncc(C)c4cc(Br)cc(F)c34)cc(F)c2n1. The summed E-state index contributed by atoms with van der Waals surface area (Å²) in [6, 6.07) is 4.55. The fourth-order valence-electron chi connectivity index (χ4n) is 2.90. The summed E-state index contributed by atoms with van der Waals surface area (Å²) >= 11 is 3.31. The molecule has 3 heterocycles. The number of imidazole rings is 1. The quantitative estimate of drug-likeness (QED) is 0.495. The molecule has 4 rings (SSSR count). The van der Waals surface area contributed by atoms with Crippen LogP contribution >= 0.6 is 15.9 Å². The molecule has 1 N–H and O–H groups in total. The summed E-state index contributed by atoms with van der Waals surface area (Å²) in [6.07, 6.45) is 5.08. The van der Waals surface area contributed by atoms with Crippen molar-refractivity contribution in [1.82, 2.24) is 14.4 Å². The number of anilines is 2. The zero-order chi connectivity index (χ0) is 17.7. The largest absolute Gasteiger partial charge is 0.338 e. The number of benzene rings is 1. The van der Waals surface area contributed by atoms with Crippen LogP contribution in [0, 0.1) is 25.5 Å². The lowest BCUT2D eigenvalue weighted by Gasteiger charge is -2.12. The topological polar surface area (TPSA) is 42.2 Å². The van der Waals surface area contributed by atoms with Gasteiger partial charge in [0.1, 0.15) is 11.6 Å². The van der Waals surface area contributed by atoms with E-state index in [1.165, 1.54) is 12.1 Å². The fourth-order valence-corrected chi connectivity index (χ4v) is 3.33. The number of nitrogens with zero attached hydrogens (tertiary/aromatic N) is 3. The van der Waals surface area contributed by atoms with Crippen molar-refractivity contribution in [3.8, 4) is 0 Å². The summed E-state index contributed by atoms with van der Waals surface area (Å²) in [5, 5.41) is 4.13. The average molecular weight is 403 g/mol. The van der Waals surface area contributed by atoms with Gasteiger partial charge in [0.05, 0.1) is 16.8 Å². The van der Waals surface area contributed by atoms with Crippen LogP contribution in [0.2, 0.25) is 0 Å². The van der Waals surface area contributed by atoms with E-state index in [0.29, 0.717) is 27.1 Å². The maximum atomic E-state index is 14.5. The molecule has 25 heavy (non-hydrogen) atoms. The molecule has 0 saturated heterocycles. The van der Waals surface area contributed by atoms with Gasteiger partial charge in [-0.1, -0.05) is 15.9 Å². The Balaban J connectivity index is 1.87. The Hall–Kier alpha value is -2.54. The molecule has 126 valence electrons. The molecule has 0 aliphatic rings. The predicted octanol–water partition coefficient (Wildman–Crippen LogP) is 5.28. The highest BCUT2D eigenvalue weighted by Crippen LogP contribution is 2.32. The normalized spacial score (nSPS) is 11.4. The van der Waals surface area contributed by atoms with E-state index in [-0.39, 0.29) is 5.65 Å². The van der Waals surface area contributed by atoms with Gasteiger partial charge in [0.15, 0.2) is 11.5 Å². The highest BCUT2D eigenvalue weighted by atomic mass is 79.9. The lowest BCUT2D eigenvalue weighted by molar-refractivity contribution is 0.630. The molecule has 0 fully saturated rings. The number of nitrogens with one attached hydrogen (secondary N) is 1. The van der Waals surface area contributed by atoms with Crippen LogP contribution < -0.4 is 5.32 Å². The first kappa shape index (κ1) is 16.0. The minimum atomic E-state index is -0.460. The van der Waals surface area contributed by atoms with Crippen molar-refractivity contribution in [2.24, 2.45) is 0 Å². The van der Waals surface area contributed by atoms with Crippen molar-refractivity contribution in [3.63, 3.8) is 0 Å². The second-order valence-electron chi connectivity index (χ2n) is 5.91. The lowest BCUT2D eigenvalue weighted by Crippen LogP contribution is -2.00. The van der Waals surface area contributed by atoms with Gasteiger partial charge in [0.2, 0.25) is 0 Å². The summed E-state index contributed by atoms with van der Waals surface area (Å²) in [6.45, 7) is 3.66. The maximum Gasteiger partial charge on any atom is 0.173 e. The van der Waals surface area contributed by atoms with E-state index in [1.54, 1.807) is 29.9 Å². The van der Waals surface area contributed by atoms with Crippen LogP contribution in [0.4, 0.5) is 20.3 Å². The first-order valence-electron chi connectivity index (χ1n) is 7.58. The molecular formula is C18H13BrF2N4. The van der Waals surface area contributed by atoms with Crippen molar-refractivity contribution in [1.29, 1.82) is 0 Å². The smallest absolute Gasteiger partial charge is 0.173 e. The van der Waals surface area contributed by atoms with E-state index in [0.717, 1.165) is 10.9 Å². The summed E-state index contributed by atoms with van der Waals surface area (Å²) in [5.41, 5.74) is 2.28. The molecule has 0 radical (unpaired) electrons.